The normalized spacial score (nSPS) is 16.0. The van der Waals surface area contributed by atoms with Crippen molar-refractivity contribution in [2.24, 2.45) is 0 Å². The van der Waals surface area contributed by atoms with Crippen LogP contribution >= 0.6 is 24.0 Å². The predicted molar refractivity (Wildman–Crippen MR) is 96.2 cm³/mol. The quantitative estimate of drug-likeness (QED) is 0.668. The molecule has 0 unspecified atom stereocenters. The van der Waals surface area contributed by atoms with Crippen LogP contribution in [0.1, 0.15) is 11.3 Å². The van der Waals surface area contributed by atoms with Crippen molar-refractivity contribution in [1.82, 2.24) is 10.1 Å². The van der Waals surface area contributed by atoms with E-state index in [2.05, 4.69) is 10.5 Å². The molecule has 2 aromatic rings. The van der Waals surface area contributed by atoms with E-state index >= 15 is 0 Å². The number of nitrogens with one attached hydrogen (secondary N) is 1. The van der Waals surface area contributed by atoms with Gasteiger partial charge in [-0.05, 0) is 18.6 Å². The second kappa shape index (κ2) is 6.98. The van der Waals surface area contributed by atoms with Crippen LogP contribution in [0.5, 0.6) is 0 Å². The van der Waals surface area contributed by atoms with E-state index in [1.807, 2.05) is 30.3 Å². The molecule has 24 heavy (non-hydrogen) atoms. The highest BCUT2D eigenvalue weighted by Crippen LogP contribution is 2.32. The highest BCUT2D eigenvalue weighted by atomic mass is 32.2. The molecule has 8 heteroatoms. The second-order valence-electron chi connectivity index (χ2n) is 5.05. The van der Waals surface area contributed by atoms with Crippen molar-refractivity contribution in [3.05, 3.63) is 52.6 Å². The Bertz CT molecular complexity index is 830. The smallest absolute Gasteiger partial charge is 0.266 e. The highest BCUT2D eigenvalue weighted by molar-refractivity contribution is 8.26. The molecule has 0 saturated carbocycles. The fraction of sp³-hybridized carbons (Fsp3) is 0.125. The van der Waals surface area contributed by atoms with Gasteiger partial charge in [0.1, 0.15) is 16.6 Å². The van der Waals surface area contributed by atoms with Crippen LogP contribution in [0.3, 0.4) is 0 Å². The molecule has 1 aromatic carbocycles. The zero-order chi connectivity index (χ0) is 17.1. The summed E-state index contributed by atoms with van der Waals surface area (Å²) in [4.78, 5) is 26.3. The standard InChI is InChI=1S/C16H13N3O3S2/c1-10-7-13(18-22-10)17-14(20)9-19-15(21)12(24-16(19)23)8-11-5-3-2-4-6-11/h2-8H,9H2,1H3,(H,17,18,20). The van der Waals surface area contributed by atoms with Crippen LogP contribution in [0.15, 0.2) is 45.8 Å². The van der Waals surface area contributed by atoms with Crippen molar-refractivity contribution >= 4 is 52.0 Å². The molecule has 1 aliphatic rings. The van der Waals surface area contributed by atoms with Crippen LogP contribution in [-0.2, 0) is 9.59 Å². The number of benzene rings is 1. The van der Waals surface area contributed by atoms with Crippen molar-refractivity contribution in [2.75, 3.05) is 11.9 Å². The van der Waals surface area contributed by atoms with Gasteiger partial charge in [0.2, 0.25) is 5.91 Å². The molecular weight excluding hydrogens is 346 g/mol. The molecule has 0 atom stereocenters. The first-order valence-electron chi connectivity index (χ1n) is 7.06. The molecule has 6 nitrogen and oxygen atoms in total. The van der Waals surface area contributed by atoms with Crippen LogP contribution in [-0.4, -0.2) is 32.7 Å². The molecule has 122 valence electrons. The van der Waals surface area contributed by atoms with Gasteiger partial charge in [-0.1, -0.05) is 59.5 Å². The molecule has 0 radical (unpaired) electrons. The summed E-state index contributed by atoms with van der Waals surface area (Å²) in [6.45, 7) is 1.56. The number of hydrogen-bond acceptors (Lipinski definition) is 6. The lowest BCUT2D eigenvalue weighted by Gasteiger charge is -2.13. The van der Waals surface area contributed by atoms with Crippen LogP contribution in [0, 0.1) is 6.92 Å². The Hall–Kier alpha value is -2.45. The summed E-state index contributed by atoms with van der Waals surface area (Å²) in [5.41, 5.74) is 0.903. The minimum Gasteiger partial charge on any atom is -0.360 e. The SMILES string of the molecule is Cc1cc(NC(=O)CN2C(=O)C(=Cc3ccccc3)SC2=S)no1. The van der Waals surface area contributed by atoms with Gasteiger partial charge in [0.05, 0.1) is 4.91 Å². The Morgan fingerprint density at radius 3 is 2.83 bits per heavy atom. The molecule has 2 heterocycles. The number of anilines is 1. The van der Waals surface area contributed by atoms with Gasteiger partial charge in [-0.2, -0.15) is 0 Å². The number of aromatic nitrogens is 1. The summed E-state index contributed by atoms with van der Waals surface area (Å²) in [5.74, 6) is 0.227. The number of carbonyl (C=O) groups is 2. The molecule has 1 N–H and O–H groups in total. The Kier molecular flexibility index (Phi) is 4.77. The number of aryl methyl sites for hydroxylation is 1. The summed E-state index contributed by atoms with van der Waals surface area (Å²) >= 11 is 6.39. The molecular formula is C16H13N3O3S2. The highest BCUT2D eigenvalue weighted by Gasteiger charge is 2.33. The largest absolute Gasteiger partial charge is 0.360 e. The third-order valence-corrected chi connectivity index (χ3v) is 4.55. The van der Waals surface area contributed by atoms with E-state index < -0.39 is 0 Å². The third-order valence-electron chi connectivity index (χ3n) is 3.17. The van der Waals surface area contributed by atoms with E-state index in [0.717, 1.165) is 5.56 Å². The summed E-state index contributed by atoms with van der Waals surface area (Å²) in [6.07, 6.45) is 1.76. The van der Waals surface area contributed by atoms with E-state index in [4.69, 9.17) is 16.7 Å². The Morgan fingerprint density at radius 1 is 1.42 bits per heavy atom. The number of thioether (sulfide) groups is 1. The van der Waals surface area contributed by atoms with Crippen LogP contribution in [0.2, 0.25) is 0 Å². The van der Waals surface area contributed by atoms with Crippen molar-refractivity contribution in [1.29, 1.82) is 0 Å². The lowest BCUT2D eigenvalue weighted by atomic mass is 10.2. The van der Waals surface area contributed by atoms with Crippen LogP contribution in [0.4, 0.5) is 5.82 Å². The van der Waals surface area contributed by atoms with Crippen LogP contribution in [0.25, 0.3) is 6.08 Å². The molecule has 1 saturated heterocycles. The Morgan fingerprint density at radius 2 is 2.17 bits per heavy atom. The Labute approximate surface area is 147 Å². The molecule has 1 fully saturated rings. The average molecular weight is 359 g/mol. The van der Waals surface area contributed by atoms with E-state index in [0.29, 0.717) is 20.8 Å². The van der Waals surface area contributed by atoms with Gasteiger partial charge in [-0.25, -0.2) is 0 Å². The maximum absolute atomic E-state index is 12.4. The average Bonchev–Trinajstić information content (AvgIpc) is 3.07. The summed E-state index contributed by atoms with van der Waals surface area (Å²) in [7, 11) is 0. The maximum Gasteiger partial charge on any atom is 0.266 e. The minimum atomic E-state index is -0.388. The van der Waals surface area contributed by atoms with Crippen molar-refractivity contribution in [3.63, 3.8) is 0 Å². The molecule has 1 aliphatic heterocycles. The van der Waals surface area contributed by atoms with Gasteiger partial charge in [-0.15, -0.1) is 0 Å². The van der Waals surface area contributed by atoms with Crippen molar-refractivity contribution in [3.8, 4) is 0 Å². The van der Waals surface area contributed by atoms with Gasteiger partial charge >= 0.3 is 0 Å². The fourth-order valence-corrected chi connectivity index (χ4v) is 3.34. The number of rotatable bonds is 4. The van der Waals surface area contributed by atoms with Gasteiger partial charge < -0.3 is 9.84 Å². The van der Waals surface area contributed by atoms with Crippen molar-refractivity contribution in [2.45, 2.75) is 6.92 Å². The first-order chi connectivity index (χ1) is 11.5. The summed E-state index contributed by atoms with van der Waals surface area (Å²) in [6, 6.07) is 11.1. The molecule has 0 bridgehead atoms. The Balaban J connectivity index is 1.68. The predicted octanol–water partition coefficient (Wildman–Crippen LogP) is 2.82. The zero-order valence-electron chi connectivity index (χ0n) is 12.7. The van der Waals surface area contributed by atoms with Crippen molar-refractivity contribution < 1.29 is 14.1 Å². The first-order valence-corrected chi connectivity index (χ1v) is 8.29. The van der Waals surface area contributed by atoms with E-state index in [1.54, 1.807) is 19.1 Å². The maximum atomic E-state index is 12.4. The van der Waals surface area contributed by atoms with Gasteiger partial charge in [-0.3, -0.25) is 14.5 Å². The van der Waals surface area contributed by atoms with Gasteiger partial charge in [0, 0.05) is 6.07 Å². The number of carbonyl (C=O) groups excluding carboxylic acids is 2. The molecule has 0 spiro atoms. The second-order valence-corrected chi connectivity index (χ2v) is 6.73. The molecule has 3 rings (SSSR count). The van der Waals surface area contributed by atoms with E-state index in [9.17, 15) is 9.59 Å². The number of hydrogen-bond donors (Lipinski definition) is 1. The summed E-state index contributed by atoms with van der Waals surface area (Å²) in [5, 5.41) is 6.25. The summed E-state index contributed by atoms with van der Waals surface area (Å²) < 4.78 is 5.23. The van der Waals surface area contributed by atoms with Gasteiger partial charge in [0.25, 0.3) is 5.91 Å². The zero-order valence-corrected chi connectivity index (χ0v) is 14.3. The number of nitrogens with zero attached hydrogens (tertiary/aromatic N) is 2. The fourth-order valence-electron chi connectivity index (χ4n) is 2.09. The monoisotopic (exact) mass is 359 g/mol. The lowest BCUT2D eigenvalue weighted by molar-refractivity contribution is -0.126. The first kappa shape index (κ1) is 16.4. The number of amides is 2. The van der Waals surface area contributed by atoms with E-state index in [1.165, 1.54) is 16.7 Å². The van der Waals surface area contributed by atoms with Gasteiger partial charge in [0.15, 0.2) is 5.82 Å². The molecule has 0 aliphatic carbocycles. The number of thiocarbonyl (C=S) groups is 1. The topological polar surface area (TPSA) is 75.4 Å². The third kappa shape index (κ3) is 3.72. The molecule has 2 amide bonds. The minimum absolute atomic E-state index is 0.164. The van der Waals surface area contributed by atoms with E-state index in [-0.39, 0.29) is 18.4 Å². The van der Waals surface area contributed by atoms with Crippen LogP contribution < -0.4 is 5.32 Å². The molecule has 1 aromatic heterocycles. The lowest BCUT2D eigenvalue weighted by Crippen LogP contribution is -2.36.